The van der Waals surface area contributed by atoms with Gasteiger partial charge in [0, 0.05) is 16.5 Å². The van der Waals surface area contributed by atoms with Crippen LogP contribution in [0.4, 0.5) is 0 Å². The second-order valence-corrected chi connectivity index (χ2v) is 7.70. The van der Waals surface area contributed by atoms with Crippen LogP contribution in [0, 0.1) is 0 Å². The van der Waals surface area contributed by atoms with E-state index in [-0.39, 0.29) is 5.63 Å². The summed E-state index contributed by atoms with van der Waals surface area (Å²) in [7, 11) is 3.27. The lowest BCUT2D eigenvalue weighted by Crippen LogP contribution is -3.10. The Kier molecular flexibility index (Phi) is 4.43. The monoisotopic (exact) mass is 394 g/mol. The van der Waals surface area contributed by atoms with Crippen LogP contribution in [0.15, 0.2) is 39.5 Å². The summed E-state index contributed by atoms with van der Waals surface area (Å²) >= 11 is 0. The fraction of sp³-hybridized carbons (Fsp3) is 0.348. The van der Waals surface area contributed by atoms with Crippen LogP contribution in [-0.2, 0) is 25.9 Å². The lowest BCUT2D eigenvalue weighted by atomic mass is 10.0. The van der Waals surface area contributed by atoms with Gasteiger partial charge >= 0.3 is 5.63 Å². The zero-order valence-corrected chi connectivity index (χ0v) is 16.7. The summed E-state index contributed by atoms with van der Waals surface area (Å²) in [5, 5.41) is 1.06. The molecule has 2 aliphatic rings. The molecule has 1 N–H and O–H groups in total. The summed E-state index contributed by atoms with van der Waals surface area (Å²) in [6.07, 6.45) is 2.78. The van der Waals surface area contributed by atoms with Crippen molar-refractivity contribution in [2.45, 2.75) is 32.4 Å². The molecule has 0 spiro atoms. The average Bonchev–Trinajstić information content (AvgIpc) is 3.24. The molecule has 29 heavy (non-hydrogen) atoms. The largest absolute Gasteiger partial charge is 0.493 e. The number of fused-ring (bicyclic) bond motifs is 5. The number of hydrogen-bond acceptors (Lipinski definition) is 5. The van der Waals surface area contributed by atoms with Crippen molar-refractivity contribution in [2.24, 2.45) is 0 Å². The van der Waals surface area contributed by atoms with Gasteiger partial charge < -0.3 is 18.6 Å². The van der Waals surface area contributed by atoms with Crippen molar-refractivity contribution in [2.75, 3.05) is 21.0 Å². The molecule has 0 saturated carbocycles. The molecule has 2 heterocycles. The minimum Gasteiger partial charge on any atom is -0.493 e. The van der Waals surface area contributed by atoms with E-state index in [1.54, 1.807) is 14.2 Å². The lowest BCUT2D eigenvalue weighted by molar-refractivity contribution is -0.945. The predicted octanol–water partition coefficient (Wildman–Crippen LogP) is 2.23. The maximum atomic E-state index is 12.5. The molecule has 1 aromatic heterocycles. The molecule has 3 aromatic rings. The fourth-order valence-electron chi connectivity index (χ4n) is 4.56. The Labute approximate surface area is 168 Å². The molecular formula is C23H24NO5+. The van der Waals surface area contributed by atoms with Crippen molar-refractivity contribution in [1.82, 2.24) is 0 Å². The van der Waals surface area contributed by atoms with E-state index in [1.165, 1.54) is 4.90 Å². The van der Waals surface area contributed by atoms with Crippen LogP contribution < -0.4 is 24.7 Å². The Bertz CT molecular complexity index is 1150. The Balaban J connectivity index is 1.48. The van der Waals surface area contributed by atoms with Crippen LogP contribution in [0.5, 0.6) is 17.2 Å². The van der Waals surface area contributed by atoms with Crippen LogP contribution in [-0.4, -0.2) is 21.0 Å². The van der Waals surface area contributed by atoms with Crippen LogP contribution in [0.3, 0.4) is 0 Å². The molecule has 6 heteroatoms. The highest BCUT2D eigenvalue weighted by Crippen LogP contribution is 2.34. The minimum atomic E-state index is -0.189. The van der Waals surface area contributed by atoms with Crippen molar-refractivity contribution in [3.63, 3.8) is 0 Å². The molecule has 0 amide bonds. The summed E-state index contributed by atoms with van der Waals surface area (Å²) in [5.74, 6) is 2.25. The van der Waals surface area contributed by atoms with Gasteiger partial charge in [-0.25, -0.2) is 4.79 Å². The number of ether oxygens (including phenoxy) is 3. The van der Waals surface area contributed by atoms with Crippen LogP contribution in [0.1, 0.15) is 28.7 Å². The van der Waals surface area contributed by atoms with Gasteiger partial charge in [-0.1, -0.05) is 0 Å². The van der Waals surface area contributed by atoms with E-state index >= 15 is 0 Å². The molecule has 1 aliphatic carbocycles. The highest BCUT2D eigenvalue weighted by Gasteiger charge is 2.28. The molecule has 2 aromatic carbocycles. The van der Waals surface area contributed by atoms with Gasteiger partial charge in [0.1, 0.15) is 18.8 Å². The predicted molar refractivity (Wildman–Crippen MR) is 108 cm³/mol. The van der Waals surface area contributed by atoms with Crippen molar-refractivity contribution in [3.8, 4) is 17.2 Å². The molecule has 0 radical (unpaired) electrons. The fourth-order valence-corrected chi connectivity index (χ4v) is 4.56. The normalized spacial score (nSPS) is 17.5. The third-order valence-corrected chi connectivity index (χ3v) is 5.96. The van der Waals surface area contributed by atoms with Gasteiger partial charge in [-0.2, -0.15) is 0 Å². The highest BCUT2D eigenvalue weighted by molar-refractivity contribution is 5.86. The first-order valence-electron chi connectivity index (χ1n) is 9.95. The third-order valence-electron chi connectivity index (χ3n) is 5.96. The van der Waals surface area contributed by atoms with Gasteiger partial charge in [-0.05, 0) is 55.2 Å². The number of hydrogen-bond donors (Lipinski definition) is 1. The van der Waals surface area contributed by atoms with Crippen molar-refractivity contribution in [1.29, 1.82) is 0 Å². The molecule has 0 saturated heterocycles. The van der Waals surface area contributed by atoms with Gasteiger partial charge in [0.05, 0.1) is 19.8 Å². The van der Waals surface area contributed by atoms with E-state index in [2.05, 4.69) is 0 Å². The van der Waals surface area contributed by atoms with E-state index in [0.717, 1.165) is 71.5 Å². The SMILES string of the molecule is COc1ccc(C[NH+]2COc3ccc4c5c(c(=O)oc4c3C2)CCC5)cc1OC. The smallest absolute Gasteiger partial charge is 0.339 e. The van der Waals surface area contributed by atoms with E-state index in [9.17, 15) is 4.79 Å². The Morgan fingerprint density at radius 1 is 1.00 bits per heavy atom. The molecular weight excluding hydrogens is 370 g/mol. The number of rotatable bonds is 4. The first-order chi connectivity index (χ1) is 14.2. The molecule has 0 fully saturated rings. The summed E-state index contributed by atoms with van der Waals surface area (Å²) in [5.41, 5.74) is 4.63. The molecule has 1 aliphatic heterocycles. The molecule has 1 unspecified atom stereocenters. The van der Waals surface area contributed by atoms with Crippen LogP contribution in [0.2, 0.25) is 0 Å². The van der Waals surface area contributed by atoms with Crippen molar-refractivity contribution >= 4 is 11.0 Å². The second kappa shape index (κ2) is 7.12. The van der Waals surface area contributed by atoms with Gasteiger partial charge in [0.15, 0.2) is 17.1 Å². The van der Waals surface area contributed by atoms with Gasteiger partial charge in [-0.3, -0.25) is 4.90 Å². The number of quaternary nitrogens is 1. The summed E-state index contributed by atoms with van der Waals surface area (Å²) < 4.78 is 22.6. The van der Waals surface area contributed by atoms with E-state index < -0.39 is 0 Å². The van der Waals surface area contributed by atoms with E-state index in [1.807, 2.05) is 30.3 Å². The summed E-state index contributed by atoms with van der Waals surface area (Å²) in [6, 6.07) is 10.0. The Hall–Kier alpha value is -2.99. The van der Waals surface area contributed by atoms with E-state index in [4.69, 9.17) is 18.6 Å². The molecule has 150 valence electrons. The van der Waals surface area contributed by atoms with Crippen molar-refractivity contribution in [3.05, 3.63) is 63.0 Å². The maximum Gasteiger partial charge on any atom is 0.339 e. The topological polar surface area (TPSA) is 62.3 Å². The first kappa shape index (κ1) is 18.1. The van der Waals surface area contributed by atoms with Gasteiger partial charge in [-0.15, -0.1) is 0 Å². The van der Waals surface area contributed by atoms with Gasteiger partial charge in [0.25, 0.3) is 0 Å². The van der Waals surface area contributed by atoms with E-state index in [0.29, 0.717) is 18.1 Å². The Morgan fingerprint density at radius 3 is 2.66 bits per heavy atom. The van der Waals surface area contributed by atoms with Gasteiger partial charge in [0.2, 0.25) is 6.73 Å². The zero-order chi connectivity index (χ0) is 20.0. The second-order valence-electron chi connectivity index (χ2n) is 7.70. The van der Waals surface area contributed by atoms with Crippen LogP contribution >= 0.6 is 0 Å². The third kappa shape index (κ3) is 3.04. The maximum absolute atomic E-state index is 12.5. The highest BCUT2D eigenvalue weighted by atomic mass is 16.5. The number of nitrogens with one attached hydrogen (secondary N) is 1. The Morgan fingerprint density at radius 2 is 1.83 bits per heavy atom. The number of aryl methyl sites for hydroxylation is 1. The first-order valence-corrected chi connectivity index (χ1v) is 9.95. The zero-order valence-electron chi connectivity index (χ0n) is 16.7. The summed E-state index contributed by atoms with van der Waals surface area (Å²) in [4.78, 5) is 13.7. The minimum absolute atomic E-state index is 0.189. The molecule has 6 nitrogen and oxygen atoms in total. The molecule has 5 rings (SSSR count). The lowest BCUT2D eigenvalue weighted by Gasteiger charge is -2.27. The number of methoxy groups -OCH3 is 2. The molecule has 0 bridgehead atoms. The average molecular weight is 394 g/mol. The molecule has 1 atom stereocenters. The van der Waals surface area contributed by atoms with Crippen LogP contribution in [0.25, 0.3) is 11.0 Å². The standard InChI is InChI=1S/C23H23NO5/c1-26-20-8-6-14(10-21(20)27-2)11-24-12-18-19(28-13-24)9-7-16-15-4-3-5-17(15)23(25)29-22(16)18/h6-10H,3-5,11-13H2,1-2H3/p+1. The van der Waals surface area contributed by atoms with Crippen molar-refractivity contribution < 1.29 is 23.5 Å². The quantitative estimate of drug-likeness (QED) is 0.688. The summed E-state index contributed by atoms with van der Waals surface area (Å²) in [6.45, 7) is 2.07. The number of benzene rings is 2.